The molecule has 0 radical (unpaired) electrons. The van der Waals surface area contributed by atoms with Gasteiger partial charge in [-0.3, -0.25) is 0 Å². The quantitative estimate of drug-likeness (QED) is 0.755. The molecule has 0 aromatic heterocycles. The molecule has 0 saturated heterocycles. The Morgan fingerprint density at radius 2 is 1.94 bits per heavy atom. The van der Waals surface area contributed by atoms with Crippen molar-refractivity contribution in [2.45, 2.75) is 72.8 Å². The zero-order valence-corrected chi connectivity index (χ0v) is 12.0. The summed E-state index contributed by atoms with van der Waals surface area (Å²) >= 11 is 0. The molecule has 1 aliphatic rings. The topological polar surface area (TPSA) is 12.0 Å². The fraction of sp³-hybridized carbons (Fsp3) is 1.00. The van der Waals surface area contributed by atoms with Crippen LogP contribution in [0.15, 0.2) is 0 Å². The molecule has 0 heterocycles. The van der Waals surface area contributed by atoms with Crippen LogP contribution < -0.4 is 5.32 Å². The normalized spacial score (nSPS) is 29.1. The van der Waals surface area contributed by atoms with E-state index in [2.05, 4.69) is 39.9 Å². The Balaban J connectivity index is 2.54. The molecule has 0 aromatic rings. The van der Waals surface area contributed by atoms with Gasteiger partial charge in [-0.2, -0.15) is 0 Å². The molecule has 1 N–H and O–H groups in total. The second kappa shape index (κ2) is 6.05. The Morgan fingerprint density at radius 3 is 2.44 bits per heavy atom. The van der Waals surface area contributed by atoms with Gasteiger partial charge in [-0.25, -0.2) is 0 Å². The van der Waals surface area contributed by atoms with Crippen molar-refractivity contribution >= 4 is 0 Å². The molecular formula is C15H31N. The minimum absolute atomic E-state index is 0.452. The van der Waals surface area contributed by atoms with Crippen LogP contribution in [0.25, 0.3) is 0 Å². The average Bonchev–Trinajstić information content (AvgIpc) is 2.15. The maximum Gasteiger partial charge on any atom is 0.0100 e. The van der Waals surface area contributed by atoms with Gasteiger partial charge in [0.05, 0.1) is 0 Å². The fourth-order valence-corrected chi connectivity index (χ4v) is 3.17. The van der Waals surface area contributed by atoms with Crippen LogP contribution in [-0.4, -0.2) is 12.6 Å². The zero-order chi connectivity index (χ0) is 12.2. The van der Waals surface area contributed by atoms with Crippen LogP contribution in [0.4, 0.5) is 0 Å². The zero-order valence-electron chi connectivity index (χ0n) is 12.0. The van der Waals surface area contributed by atoms with Gasteiger partial charge in [0.15, 0.2) is 0 Å². The van der Waals surface area contributed by atoms with E-state index in [1.54, 1.807) is 0 Å². The van der Waals surface area contributed by atoms with Gasteiger partial charge in [-0.05, 0) is 43.1 Å². The molecule has 1 rings (SSSR count). The van der Waals surface area contributed by atoms with Crippen molar-refractivity contribution in [3.8, 4) is 0 Å². The summed E-state index contributed by atoms with van der Waals surface area (Å²) in [5, 5.41) is 3.73. The lowest BCUT2D eigenvalue weighted by atomic mass is 9.74. The van der Waals surface area contributed by atoms with E-state index in [9.17, 15) is 0 Å². The number of hydrogen-bond donors (Lipinski definition) is 1. The first-order valence-electron chi connectivity index (χ1n) is 7.15. The van der Waals surface area contributed by atoms with Gasteiger partial charge < -0.3 is 5.32 Å². The number of nitrogens with one attached hydrogen (secondary N) is 1. The molecule has 0 bridgehead atoms. The number of hydrogen-bond acceptors (Lipinski definition) is 1. The van der Waals surface area contributed by atoms with Crippen LogP contribution in [0.2, 0.25) is 0 Å². The second-order valence-electron chi connectivity index (χ2n) is 6.96. The SMILES string of the molecule is CCNC(CC(C)(C)C)C1CCCC(C)C1. The highest BCUT2D eigenvalue weighted by molar-refractivity contribution is 4.84. The lowest BCUT2D eigenvalue weighted by Gasteiger charge is -2.37. The molecule has 96 valence electrons. The van der Waals surface area contributed by atoms with E-state index in [4.69, 9.17) is 0 Å². The van der Waals surface area contributed by atoms with Gasteiger partial charge >= 0.3 is 0 Å². The third-order valence-corrected chi connectivity index (χ3v) is 3.84. The molecule has 1 saturated carbocycles. The van der Waals surface area contributed by atoms with Crippen molar-refractivity contribution in [3.05, 3.63) is 0 Å². The first kappa shape index (κ1) is 14.0. The Hall–Kier alpha value is -0.0400. The molecular weight excluding hydrogens is 194 g/mol. The molecule has 1 nitrogen and oxygen atoms in total. The summed E-state index contributed by atoms with van der Waals surface area (Å²) in [5.41, 5.74) is 0.452. The molecule has 1 fully saturated rings. The second-order valence-corrected chi connectivity index (χ2v) is 6.96. The van der Waals surface area contributed by atoms with Crippen LogP contribution >= 0.6 is 0 Å². The van der Waals surface area contributed by atoms with Crippen LogP contribution in [0.1, 0.15) is 66.7 Å². The van der Waals surface area contributed by atoms with E-state index in [0.29, 0.717) is 5.41 Å². The van der Waals surface area contributed by atoms with Crippen molar-refractivity contribution in [1.82, 2.24) is 5.32 Å². The van der Waals surface area contributed by atoms with Crippen LogP contribution in [0.5, 0.6) is 0 Å². The maximum atomic E-state index is 3.73. The van der Waals surface area contributed by atoms with Crippen molar-refractivity contribution in [1.29, 1.82) is 0 Å². The van der Waals surface area contributed by atoms with Gasteiger partial charge in [0, 0.05) is 6.04 Å². The third kappa shape index (κ3) is 4.86. The molecule has 0 amide bonds. The van der Waals surface area contributed by atoms with Gasteiger partial charge in [0.1, 0.15) is 0 Å². The standard InChI is InChI=1S/C15H31N/c1-6-16-14(11-15(3,4)5)13-9-7-8-12(2)10-13/h12-14,16H,6-11H2,1-5H3. The van der Waals surface area contributed by atoms with E-state index in [1.807, 2.05) is 0 Å². The van der Waals surface area contributed by atoms with Gasteiger partial charge in [0.2, 0.25) is 0 Å². The summed E-state index contributed by atoms with van der Waals surface area (Å²) in [6.07, 6.45) is 7.09. The lowest BCUT2D eigenvalue weighted by Crippen LogP contribution is -2.40. The van der Waals surface area contributed by atoms with E-state index >= 15 is 0 Å². The highest BCUT2D eigenvalue weighted by Crippen LogP contribution is 2.34. The maximum absolute atomic E-state index is 3.73. The highest BCUT2D eigenvalue weighted by Gasteiger charge is 2.29. The summed E-state index contributed by atoms with van der Waals surface area (Å²) in [4.78, 5) is 0. The largest absolute Gasteiger partial charge is 0.314 e. The molecule has 16 heavy (non-hydrogen) atoms. The van der Waals surface area contributed by atoms with Gasteiger partial charge in [-0.15, -0.1) is 0 Å². The van der Waals surface area contributed by atoms with Crippen LogP contribution in [-0.2, 0) is 0 Å². The van der Waals surface area contributed by atoms with E-state index in [-0.39, 0.29) is 0 Å². The molecule has 3 unspecified atom stereocenters. The van der Waals surface area contributed by atoms with Crippen LogP contribution in [0, 0.1) is 17.3 Å². The minimum atomic E-state index is 0.452. The van der Waals surface area contributed by atoms with Gasteiger partial charge in [0.25, 0.3) is 0 Å². The predicted molar refractivity (Wildman–Crippen MR) is 72.7 cm³/mol. The van der Waals surface area contributed by atoms with Crippen molar-refractivity contribution in [2.24, 2.45) is 17.3 Å². The highest BCUT2D eigenvalue weighted by atomic mass is 14.9. The number of rotatable bonds is 4. The molecule has 1 aliphatic carbocycles. The fourth-order valence-electron chi connectivity index (χ4n) is 3.17. The Labute approximate surface area is 102 Å². The van der Waals surface area contributed by atoms with Crippen LogP contribution in [0.3, 0.4) is 0 Å². The summed E-state index contributed by atoms with van der Waals surface area (Å²) in [6, 6.07) is 0.743. The molecule has 3 atom stereocenters. The summed E-state index contributed by atoms with van der Waals surface area (Å²) < 4.78 is 0. The first-order chi connectivity index (χ1) is 7.42. The molecule has 0 aliphatic heterocycles. The summed E-state index contributed by atoms with van der Waals surface area (Å²) in [6.45, 7) is 12.9. The summed E-state index contributed by atoms with van der Waals surface area (Å²) in [7, 11) is 0. The smallest absolute Gasteiger partial charge is 0.0100 e. The lowest BCUT2D eigenvalue weighted by molar-refractivity contribution is 0.181. The van der Waals surface area contributed by atoms with Crippen molar-refractivity contribution < 1.29 is 0 Å². The van der Waals surface area contributed by atoms with Crippen molar-refractivity contribution in [2.75, 3.05) is 6.54 Å². The molecule has 0 aromatic carbocycles. The predicted octanol–water partition coefficient (Wildman–Crippen LogP) is 4.23. The van der Waals surface area contributed by atoms with E-state index in [1.165, 1.54) is 32.1 Å². The third-order valence-electron chi connectivity index (χ3n) is 3.84. The van der Waals surface area contributed by atoms with E-state index < -0.39 is 0 Å². The Bertz CT molecular complexity index is 192. The first-order valence-corrected chi connectivity index (χ1v) is 7.15. The molecule has 1 heteroatoms. The Kier molecular flexibility index (Phi) is 5.30. The van der Waals surface area contributed by atoms with E-state index in [0.717, 1.165) is 24.4 Å². The van der Waals surface area contributed by atoms with Gasteiger partial charge in [-0.1, -0.05) is 47.5 Å². The Morgan fingerprint density at radius 1 is 1.25 bits per heavy atom. The monoisotopic (exact) mass is 225 g/mol. The summed E-state index contributed by atoms with van der Waals surface area (Å²) in [5.74, 6) is 1.86. The minimum Gasteiger partial charge on any atom is -0.314 e. The average molecular weight is 225 g/mol. The molecule has 0 spiro atoms. The van der Waals surface area contributed by atoms with Crippen molar-refractivity contribution in [3.63, 3.8) is 0 Å².